The molecule has 11 heavy (non-hydrogen) atoms. The molecular formula is C9H14O2. The highest BCUT2D eigenvalue weighted by atomic mass is 16.5. The van der Waals surface area contributed by atoms with Gasteiger partial charge >= 0.3 is 5.97 Å². The third kappa shape index (κ3) is 3.61. The molecule has 0 fully saturated rings. The molecule has 0 saturated carbocycles. The molecule has 0 aliphatic rings. The van der Waals surface area contributed by atoms with Gasteiger partial charge in [-0.15, -0.1) is 0 Å². The van der Waals surface area contributed by atoms with Gasteiger partial charge in [0.2, 0.25) is 0 Å². The predicted octanol–water partition coefficient (Wildman–Crippen LogP) is 2.07. The van der Waals surface area contributed by atoms with Crippen LogP contribution < -0.4 is 0 Å². The quantitative estimate of drug-likeness (QED) is 0.346. The van der Waals surface area contributed by atoms with Gasteiger partial charge in [0.05, 0.1) is 7.11 Å². The Morgan fingerprint density at radius 1 is 1.36 bits per heavy atom. The fraction of sp³-hybridized carbons (Fsp3) is 0.444. The van der Waals surface area contributed by atoms with Crippen molar-refractivity contribution in [1.29, 1.82) is 0 Å². The maximum absolute atomic E-state index is 10.8. The van der Waals surface area contributed by atoms with Crippen LogP contribution in [0, 0.1) is 0 Å². The van der Waals surface area contributed by atoms with Crippen molar-refractivity contribution >= 4 is 5.97 Å². The fourth-order valence-corrected chi connectivity index (χ4v) is 0.645. The molecule has 0 amide bonds. The summed E-state index contributed by atoms with van der Waals surface area (Å²) in [5.41, 5.74) is 1.69. The number of rotatable bonds is 2. The molecule has 0 rings (SSSR count). The van der Waals surface area contributed by atoms with E-state index in [1.165, 1.54) is 7.11 Å². The minimum Gasteiger partial charge on any atom is -0.466 e. The Balaban J connectivity index is 4.34. The summed E-state index contributed by atoms with van der Waals surface area (Å²) in [6.45, 7) is 5.60. The van der Waals surface area contributed by atoms with E-state index in [-0.39, 0.29) is 5.97 Å². The van der Waals surface area contributed by atoms with E-state index in [0.717, 1.165) is 5.57 Å². The molecule has 0 radical (unpaired) electrons. The highest BCUT2D eigenvalue weighted by Gasteiger charge is 2.01. The molecule has 0 unspecified atom stereocenters. The van der Waals surface area contributed by atoms with Gasteiger partial charge in [0.25, 0.3) is 0 Å². The smallest absolute Gasteiger partial charge is 0.333 e. The van der Waals surface area contributed by atoms with Gasteiger partial charge in [0, 0.05) is 5.57 Å². The molecular weight excluding hydrogens is 140 g/mol. The highest BCUT2D eigenvalue weighted by Crippen LogP contribution is 2.02. The summed E-state index contributed by atoms with van der Waals surface area (Å²) < 4.78 is 4.52. The Hall–Kier alpha value is -1.05. The average Bonchev–Trinajstić information content (AvgIpc) is 2.02. The lowest BCUT2D eigenvalue weighted by atomic mass is 10.2. The first-order chi connectivity index (χ1) is 5.11. The Morgan fingerprint density at radius 2 is 1.91 bits per heavy atom. The van der Waals surface area contributed by atoms with Crippen LogP contribution in [0.25, 0.3) is 0 Å². The lowest BCUT2D eigenvalue weighted by molar-refractivity contribution is -0.136. The van der Waals surface area contributed by atoms with Crippen molar-refractivity contribution in [2.45, 2.75) is 20.8 Å². The summed E-state index contributed by atoms with van der Waals surface area (Å²) in [7, 11) is 1.38. The number of hydrogen-bond donors (Lipinski definition) is 0. The summed E-state index contributed by atoms with van der Waals surface area (Å²) in [6, 6.07) is 0. The summed E-state index contributed by atoms with van der Waals surface area (Å²) >= 11 is 0. The third-order valence-electron chi connectivity index (χ3n) is 1.41. The molecule has 0 bridgehead atoms. The maximum Gasteiger partial charge on any atom is 0.333 e. The zero-order valence-corrected chi connectivity index (χ0v) is 7.47. The van der Waals surface area contributed by atoms with Crippen molar-refractivity contribution in [1.82, 2.24) is 0 Å². The van der Waals surface area contributed by atoms with Crippen molar-refractivity contribution in [2.75, 3.05) is 7.11 Å². The molecule has 0 aromatic rings. The number of carbonyl (C=O) groups excluding carboxylic acids is 1. The van der Waals surface area contributed by atoms with Gasteiger partial charge in [0.1, 0.15) is 0 Å². The van der Waals surface area contributed by atoms with Gasteiger partial charge in [-0.3, -0.25) is 0 Å². The normalized spacial score (nSPS) is 13.1. The first-order valence-corrected chi connectivity index (χ1v) is 3.51. The van der Waals surface area contributed by atoms with Crippen molar-refractivity contribution in [2.24, 2.45) is 0 Å². The standard InChI is InChI=1S/C9H14O2/c1-5-7(2)6-8(3)9(10)11-4/h5-6H,1-4H3/b7-5+,8-6+. The molecule has 0 spiro atoms. The van der Waals surface area contributed by atoms with Gasteiger partial charge in [-0.1, -0.05) is 11.6 Å². The molecule has 0 aliphatic carbocycles. The fourth-order valence-electron chi connectivity index (χ4n) is 0.645. The van der Waals surface area contributed by atoms with E-state index in [2.05, 4.69) is 4.74 Å². The summed E-state index contributed by atoms with van der Waals surface area (Å²) in [5.74, 6) is -0.272. The van der Waals surface area contributed by atoms with Gasteiger partial charge in [-0.05, 0) is 26.8 Å². The number of allylic oxidation sites excluding steroid dienone is 3. The van der Waals surface area contributed by atoms with Crippen LogP contribution in [0.5, 0.6) is 0 Å². The average molecular weight is 154 g/mol. The van der Waals surface area contributed by atoms with Crippen LogP contribution in [0.2, 0.25) is 0 Å². The van der Waals surface area contributed by atoms with Gasteiger partial charge in [-0.25, -0.2) is 4.79 Å². The van der Waals surface area contributed by atoms with E-state index < -0.39 is 0 Å². The van der Waals surface area contributed by atoms with Crippen LogP contribution in [0.1, 0.15) is 20.8 Å². The minimum absolute atomic E-state index is 0.272. The van der Waals surface area contributed by atoms with E-state index >= 15 is 0 Å². The minimum atomic E-state index is -0.272. The molecule has 0 atom stereocenters. The summed E-state index contributed by atoms with van der Waals surface area (Å²) in [4.78, 5) is 10.8. The second-order valence-corrected chi connectivity index (χ2v) is 2.35. The van der Waals surface area contributed by atoms with Gasteiger partial charge < -0.3 is 4.74 Å². The van der Waals surface area contributed by atoms with E-state index in [1.54, 1.807) is 13.0 Å². The topological polar surface area (TPSA) is 26.3 Å². The SMILES string of the molecule is C/C=C(C)/C=C(\C)C(=O)OC. The number of hydrogen-bond acceptors (Lipinski definition) is 2. The predicted molar refractivity (Wildman–Crippen MR) is 45.2 cm³/mol. The Labute approximate surface area is 67.6 Å². The van der Waals surface area contributed by atoms with Crippen LogP contribution in [-0.4, -0.2) is 13.1 Å². The molecule has 0 saturated heterocycles. The van der Waals surface area contributed by atoms with E-state index in [0.29, 0.717) is 5.57 Å². The molecule has 0 aromatic carbocycles. The van der Waals surface area contributed by atoms with Crippen molar-refractivity contribution in [3.05, 3.63) is 23.3 Å². The molecule has 0 aliphatic heterocycles. The Bertz CT molecular complexity index is 200. The van der Waals surface area contributed by atoms with Crippen LogP contribution in [0.15, 0.2) is 23.3 Å². The molecule has 0 heterocycles. The lowest BCUT2D eigenvalue weighted by Gasteiger charge is -1.97. The van der Waals surface area contributed by atoms with E-state index in [4.69, 9.17) is 0 Å². The van der Waals surface area contributed by atoms with E-state index in [9.17, 15) is 4.79 Å². The lowest BCUT2D eigenvalue weighted by Crippen LogP contribution is -2.01. The number of ether oxygens (including phenoxy) is 1. The second-order valence-electron chi connectivity index (χ2n) is 2.35. The summed E-state index contributed by atoms with van der Waals surface area (Å²) in [5, 5.41) is 0. The first kappa shape index (κ1) is 9.95. The van der Waals surface area contributed by atoms with E-state index in [1.807, 2.05) is 19.9 Å². The van der Waals surface area contributed by atoms with Crippen LogP contribution in [-0.2, 0) is 9.53 Å². The van der Waals surface area contributed by atoms with Crippen molar-refractivity contribution in [3.63, 3.8) is 0 Å². The van der Waals surface area contributed by atoms with Crippen molar-refractivity contribution < 1.29 is 9.53 Å². The summed E-state index contributed by atoms with van der Waals surface area (Å²) in [6.07, 6.45) is 3.73. The molecule has 0 N–H and O–H groups in total. The van der Waals surface area contributed by atoms with Crippen LogP contribution >= 0.6 is 0 Å². The molecule has 2 nitrogen and oxygen atoms in total. The first-order valence-electron chi connectivity index (χ1n) is 3.51. The molecule has 0 aromatic heterocycles. The van der Waals surface area contributed by atoms with Gasteiger partial charge in [0.15, 0.2) is 0 Å². The van der Waals surface area contributed by atoms with Gasteiger partial charge in [-0.2, -0.15) is 0 Å². The Kier molecular flexibility index (Phi) is 4.27. The number of methoxy groups -OCH3 is 1. The van der Waals surface area contributed by atoms with Crippen LogP contribution in [0.4, 0.5) is 0 Å². The largest absolute Gasteiger partial charge is 0.466 e. The number of esters is 1. The second kappa shape index (κ2) is 4.72. The molecule has 2 heteroatoms. The monoisotopic (exact) mass is 154 g/mol. The maximum atomic E-state index is 10.8. The zero-order chi connectivity index (χ0) is 8.85. The van der Waals surface area contributed by atoms with Crippen molar-refractivity contribution in [3.8, 4) is 0 Å². The zero-order valence-electron chi connectivity index (χ0n) is 7.47. The highest BCUT2D eigenvalue weighted by molar-refractivity contribution is 5.88. The van der Waals surface area contributed by atoms with Crippen LogP contribution in [0.3, 0.4) is 0 Å². The molecule has 62 valence electrons. The number of carbonyl (C=O) groups is 1. The Morgan fingerprint density at radius 3 is 2.27 bits per heavy atom. The third-order valence-corrected chi connectivity index (χ3v) is 1.41.